The zero-order valence-corrected chi connectivity index (χ0v) is 30.4. The van der Waals surface area contributed by atoms with Gasteiger partial charge in [-0.25, -0.2) is 0 Å². The summed E-state index contributed by atoms with van der Waals surface area (Å²) in [6.07, 6.45) is 45.6. The molecule has 0 amide bonds. The molecule has 3 heteroatoms. The van der Waals surface area contributed by atoms with E-state index >= 15 is 0 Å². The minimum Gasteiger partial charge on any atom is -0.392 e. The van der Waals surface area contributed by atoms with Crippen LogP contribution in [0.2, 0.25) is 0 Å². The third-order valence-electron chi connectivity index (χ3n) is 9.18. The Hall–Kier alpha value is 0.210. The molecular weight excluding hydrogens is 534 g/mol. The Kier molecular flexibility index (Phi) is 41.4. The van der Waals surface area contributed by atoms with E-state index < -0.39 is 0 Å². The number of hydrogen-bond acceptors (Lipinski definition) is 2. The molecule has 0 aliphatic heterocycles. The van der Waals surface area contributed by atoms with Crippen molar-refractivity contribution in [3.8, 4) is 0 Å². The number of rotatable bonds is 36. The van der Waals surface area contributed by atoms with Gasteiger partial charge in [-0.3, -0.25) is 0 Å². The zero-order chi connectivity index (χ0) is 29.9. The Labute approximate surface area is 273 Å². The van der Waals surface area contributed by atoms with Gasteiger partial charge >= 0.3 is 0 Å². The fraction of sp³-hybridized carbons (Fsp3) is 1.00. The average Bonchev–Trinajstić information content (AvgIpc) is 2.96. The van der Waals surface area contributed by atoms with Crippen molar-refractivity contribution in [3.05, 3.63) is 0 Å². The third-order valence-corrected chi connectivity index (χ3v) is 9.18. The first-order valence-corrected chi connectivity index (χ1v) is 19.6. The average molecular weight is 617 g/mol. The van der Waals surface area contributed by atoms with Crippen molar-refractivity contribution in [2.24, 2.45) is 0 Å². The first-order chi connectivity index (χ1) is 20.2. The van der Waals surface area contributed by atoms with Crippen LogP contribution in [0.3, 0.4) is 0 Å². The summed E-state index contributed by atoms with van der Waals surface area (Å²) in [4.78, 5) is 2.54. The number of nitrogens with zero attached hydrogens (tertiary/aromatic N) is 1. The predicted octanol–water partition coefficient (Wildman–Crippen LogP) is 13.6. The molecule has 0 rings (SSSR count). The Balaban J connectivity index is 0. The monoisotopic (exact) mass is 616 g/mol. The molecule has 0 radical (unpaired) electrons. The van der Waals surface area contributed by atoms with Gasteiger partial charge in [-0.05, 0) is 32.9 Å². The van der Waals surface area contributed by atoms with Crippen LogP contribution in [0.1, 0.15) is 226 Å². The summed E-state index contributed by atoms with van der Waals surface area (Å²) in [5.41, 5.74) is 0. The highest BCUT2D eigenvalue weighted by atomic mass is 35.5. The van der Waals surface area contributed by atoms with Crippen molar-refractivity contribution in [3.63, 3.8) is 0 Å². The van der Waals surface area contributed by atoms with Crippen LogP contribution >= 0.6 is 12.4 Å². The molecule has 0 bridgehead atoms. The number of aliphatic hydroxyl groups is 1. The Morgan fingerprint density at radius 2 is 0.548 bits per heavy atom. The lowest BCUT2D eigenvalue weighted by atomic mass is 10.0. The van der Waals surface area contributed by atoms with E-state index in [1.165, 1.54) is 219 Å². The molecule has 0 saturated heterocycles. The number of unbranched alkanes of at least 4 members (excludes halogenated alkanes) is 30. The molecule has 42 heavy (non-hydrogen) atoms. The quantitative estimate of drug-likeness (QED) is 0.0708. The molecule has 0 aliphatic carbocycles. The van der Waals surface area contributed by atoms with Crippen LogP contribution in [0.25, 0.3) is 0 Å². The summed E-state index contributed by atoms with van der Waals surface area (Å²) in [5, 5.41) is 9.95. The van der Waals surface area contributed by atoms with Gasteiger partial charge < -0.3 is 10.0 Å². The molecule has 1 N–H and O–H groups in total. The molecule has 1 unspecified atom stereocenters. The summed E-state index contributed by atoms with van der Waals surface area (Å²) in [6.45, 7) is 9.78. The highest BCUT2D eigenvalue weighted by Crippen LogP contribution is 2.16. The number of hydrogen-bond donors (Lipinski definition) is 1. The van der Waals surface area contributed by atoms with Gasteiger partial charge in [0.25, 0.3) is 0 Å². The second-order valence-corrected chi connectivity index (χ2v) is 13.8. The molecule has 256 valence electrons. The Bertz CT molecular complexity index is 422. The molecule has 0 aromatic carbocycles. The molecule has 0 fully saturated rings. The van der Waals surface area contributed by atoms with E-state index in [-0.39, 0.29) is 18.5 Å². The first-order valence-electron chi connectivity index (χ1n) is 19.6. The van der Waals surface area contributed by atoms with Crippen molar-refractivity contribution in [2.75, 3.05) is 19.6 Å². The van der Waals surface area contributed by atoms with Gasteiger partial charge in [-0.15, -0.1) is 12.4 Å². The standard InChI is InChI=1S/C39H81NO.ClH/c1-4-6-8-10-12-14-16-18-20-22-24-26-28-30-32-34-36-40(38-39(3)41)37-35-33-31-29-27-25-23-21-19-17-15-13-11-9-7-5-2;/h39,41H,4-38H2,1-3H3;1H. The number of aliphatic hydroxyl groups excluding tert-OH is 1. The van der Waals surface area contributed by atoms with E-state index in [1.54, 1.807) is 0 Å². The fourth-order valence-electron chi connectivity index (χ4n) is 6.44. The minimum absolute atomic E-state index is 0. The minimum atomic E-state index is -0.197. The topological polar surface area (TPSA) is 23.5 Å². The molecule has 0 aromatic heterocycles. The SMILES string of the molecule is CCCCCCCCCCCCCCCCCCN(CCCCCCCCCCCCCCCCCC)CC(C)O.Cl. The van der Waals surface area contributed by atoms with E-state index in [4.69, 9.17) is 0 Å². The van der Waals surface area contributed by atoms with Gasteiger partial charge in [0.2, 0.25) is 0 Å². The highest BCUT2D eigenvalue weighted by molar-refractivity contribution is 5.85. The largest absolute Gasteiger partial charge is 0.392 e. The van der Waals surface area contributed by atoms with Crippen LogP contribution in [-0.4, -0.2) is 35.7 Å². The van der Waals surface area contributed by atoms with Crippen molar-refractivity contribution in [2.45, 2.75) is 232 Å². The summed E-state index contributed by atoms with van der Waals surface area (Å²) in [6, 6.07) is 0. The fourth-order valence-corrected chi connectivity index (χ4v) is 6.44. The van der Waals surface area contributed by atoms with Crippen LogP contribution in [0.5, 0.6) is 0 Å². The number of halogens is 1. The van der Waals surface area contributed by atoms with Crippen LogP contribution in [0.4, 0.5) is 0 Å². The van der Waals surface area contributed by atoms with Crippen molar-refractivity contribution in [1.29, 1.82) is 0 Å². The van der Waals surface area contributed by atoms with Gasteiger partial charge in [0.05, 0.1) is 6.10 Å². The summed E-state index contributed by atoms with van der Waals surface area (Å²) in [5.74, 6) is 0. The lowest BCUT2D eigenvalue weighted by Gasteiger charge is -2.23. The molecule has 0 aromatic rings. The summed E-state index contributed by atoms with van der Waals surface area (Å²) in [7, 11) is 0. The van der Waals surface area contributed by atoms with Crippen molar-refractivity contribution in [1.82, 2.24) is 4.90 Å². The lowest BCUT2D eigenvalue weighted by Crippen LogP contribution is -2.32. The maximum absolute atomic E-state index is 9.95. The zero-order valence-electron chi connectivity index (χ0n) is 29.6. The third kappa shape index (κ3) is 38.2. The normalized spacial score (nSPS) is 12.2. The van der Waals surface area contributed by atoms with Crippen LogP contribution < -0.4 is 0 Å². The molecule has 0 spiro atoms. The van der Waals surface area contributed by atoms with Gasteiger partial charge in [-0.2, -0.15) is 0 Å². The van der Waals surface area contributed by atoms with E-state index in [1.807, 2.05) is 6.92 Å². The van der Waals surface area contributed by atoms with Crippen molar-refractivity contribution < 1.29 is 5.11 Å². The molecule has 0 saturated carbocycles. The van der Waals surface area contributed by atoms with Crippen LogP contribution in [0.15, 0.2) is 0 Å². The Morgan fingerprint density at radius 1 is 0.357 bits per heavy atom. The van der Waals surface area contributed by atoms with Gasteiger partial charge in [0.1, 0.15) is 0 Å². The second-order valence-electron chi connectivity index (χ2n) is 13.8. The summed E-state index contributed by atoms with van der Waals surface area (Å²) < 4.78 is 0. The van der Waals surface area contributed by atoms with Gasteiger partial charge in [0, 0.05) is 6.54 Å². The smallest absolute Gasteiger partial charge is 0.0639 e. The van der Waals surface area contributed by atoms with Gasteiger partial charge in [0.15, 0.2) is 0 Å². The van der Waals surface area contributed by atoms with Gasteiger partial charge in [-0.1, -0.05) is 206 Å². The van der Waals surface area contributed by atoms with E-state index in [9.17, 15) is 5.11 Å². The maximum Gasteiger partial charge on any atom is 0.0639 e. The van der Waals surface area contributed by atoms with Crippen molar-refractivity contribution >= 4 is 12.4 Å². The highest BCUT2D eigenvalue weighted by Gasteiger charge is 2.08. The van der Waals surface area contributed by atoms with E-state index in [2.05, 4.69) is 18.7 Å². The maximum atomic E-state index is 9.95. The molecule has 0 heterocycles. The first kappa shape index (κ1) is 44.3. The molecular formula is C39H82ClNO. The van der Waals surface area contributed by atoms with E-state index in [0.717, 1.165) is 6.54 Å². The second kappa shape index (κ2) is 39.2. The molecule has 0 aliphatic rings. The van der Waals surface area contributed by atoms with E-state index in [0.29, 0.717) is 0 Å². The molecule has 1 atom stereocenters. The molecule has 2 nitrogen and oxygen atoms in total. The lowest BCUT2D eigenvalue weighted by molar-refractivity contribution is 0.123. The Morgan fingerprint density at radius 3 is 0.738 bits per heavy atom. The predicted molar refractivity (Wildman–Crippen MR) is 194 cm³/mol. The van der Waals surface area contributed by atoms with Crippen LogP contribution in [0, 0.1) is 0 Å². The van der Waals surface area contributed by atoms with Crippen LogP contribution in [-0.2, 0) is 0 Å². The summed E-state index contributed by atoms with van der Waals surface area (Å²) >= 11 is 0.